The minimum atomic E-state index is -0.725. The van der Waals surface area contributed by atoms with Crippen LogP contribution in [0.25, 0.3) is 5.76 Å². The number of aliphatic hydroxyl groups excluding tert-OH is 1. The van der Waals surface area contributed by atoms with Gasteiger partial charge in [0.25, 0.3) is 11.7 Å². The van der Waals surface area contributed by atoms with Crippen LogP contribution in [-0.4, -0.2) is 35.4 Å². The average Bonchev–Trinajstić information content (AvgIpc) is 3.24. The molecule has 1 aliphatic heterocycles. The Labute approximate surface area is 145 Å². The van der Waals surface area contributed by atoms with Gasteiger partial charge in [-0.1, -0.05) is 6.92 Å². The molecule has 0 spiro atoms. The van der Waals surface area contributed by atoms with Gasteiger partial charge in [0.2, 0.25) is 0 Å². The Morgan fingerprint density at radius 1 is 1.24 bits per heavy atom. The van der Waals surface area contributed by atoms with Crippen molar-refractivity contribution in [2.24, 2.45) is 0 Å². The van der Waals surface area contributed by atoms with Gasteiger partial charge in [-0.05, 0) is 42.8 Å². The van der Waals surface area contributed by atoms with Crippen LogP contribution in [-0.2, 0) is 9.59 Å². The van der Waals surface area contributed by atoms with Gasteiger partial charge in [-0.15, -0.1) is 0 Å². The predicted molar refractivity (Wildman–Crippen MR) is 91.0 cm³/mol. The van der Waals surface area contributed by atoms with Crippen molar-refractivity contribution in [2.75, 3.05) is 13.7 Å². The molecule has 0 aliphatic carbocycles. The molecule has 2 aromatic rings. The van der Waals surface area contributed by atoms with Crippen molar-refractivity contribution in [3.63, 3.8) is 0 Å². The van der Waals surface area contributed by atoms with Crippen molar-refractivity contribution >= 4 is 17.4 Å². The lowest BCUT2D eigenvalue weighted by atomic mass is 9.99. The van der Waals surface area contributed by atoms with Gasteiger partial charge in [0.15, 0.2) is 0 Å². The standard InChI is InChI=1S/C19H19NO5/c1-3-10-20-16(14-5-4-11-25-14)15(18(22)19(20)23)17(21)12-6-8-13(24-2)9-7-12/h4-9,11,16,21H,3,10H2,1-2H3/b17-15-. The lowest BCUT2D eigenvalue weighted by Crippen LogP contribution is -2.30. The quantitative estimate of drug-likeness (QED) is 0.513. The summed E-state index contributed by atoms with van der Waals surface area (Å²) in [6.45, 7) is 2.32. The van der Waals surface area contributed by atoms with Crippen LogP contribution in [0.4, 0.5) is 0 Å². The zero-order valence-corrected chi connectivity index (χ0v) is 14.1. The molecular formula is C19H19NO5. The molecule has 1 saturated heterocycles. The van der Waals surface area contributed by atoms with E-state index in [4.69, 9.17) is 9.15 Å². The third kappa shape index (κ3) is 2.91. The van der Waals surface area contributed by atoms with E-state index < -0.39 is 17.7 Å². The molecule has 0 bridgehead atoms. The summed E-state index contributed by atoms with van der Waals surface area (Å²) in [5.41, 5.74) is 0.477. The topological polar surface area (TPSA) is 80.0 Å². The molecule has 0 saturated carbocycles. The number of methoxy groups -OCH3 is 1. The number of carbonyl (C=O) groups excluding carboxylic acids is 2. The molecule has 1 amide bonds. The zero-order chi connectivity index (χ0) is 18.0. The molecular weight excluding hydrogens is 322 g/mol. The van der Waals surface area contributed by atoms with Gasteiger partial charge in [-0.3, -0.25) is 9.59 Å². The fourth-order valence-electron chi connectivity index (χ4n) is 3.00. The van der Waals surface area contributed by atoms with E-state index in [1.807, 2.05) is 6.92 Å². The van der Waals surface area contributed by atoms with E-state index in [9.17, 15) is 14.7 Å². The highest BCUT2D eigenvalue weighted by atomic mass is 16.5. The summed E-state index contributed by atoms with van der Waals surface area (Å²) < 4.78 is 10.5. The Bertz CT molecular complexity index is 805. The highest BCUT2D eigenvalue weighted by Gasteiger charge is 2.46. The summed E-state index contributed by atoms with van der Waals surface area (Å²) >= 11 is 0. The molecule has 1 aromatic heterocycles. The lowest BCUT2D eigenvalue weighted by Gasteiger charge is -2.22. The molecule has 25 heavy (non-hydrogen) atoms. The number of rotatable bonds is 5. The number of carbonyl (C=O) groups is 2. The van der Waals surface area contributed by atoms with Crippen molar-refractivity contribution in [3.05, 3.63) is 59.6 Å². The molecule has 1 fully saturated rings. The van der Waals surface area contributed by atoms with Crippen LogP contribution in [0.2, 0.25) is 0 Å². The second-order valence-electron chi connectivity index (χ2n) is 5.74. The zero-order valence-electron chi connectivity index (χ0n) is 14.1. The largest absolute Gasteiger partial charge is 0.507 e. The number of benzene rings is 1. The Morgan fingerprint density at radius 3 is 2.52 bits per heavy atom. The van der Waals surface area contributed by atoms with Crippen LogP contribution in [0.3, 0.4) is 0 Å². The van der Waals surface area contributed by atoms with Crippen LogP contribution in [0.5, 0.6) is 5.75 Å². The van der Waals surface area contributed by atoms with Crippen molar-refractivity contribution in [1.29, 1.82) is 0 Å². The fraction of sp³-hybridized carbons (Fsp3) is 0.263. The van der Waals surface area contributed by atoms with E-state index in [-0.39, 0.29) is 11.3 Å². The van der Waals surface area contributed by atoms with Gasteiger partial charge in [-0.2, -0.15) is 0 Å². The molecule has 1 N–H and O–H groups in total. The van der Waals surface area contributed by atoms with E-state index in [1.165, 1.54) is 11.2 Å². The van der Waals surface area contributed by atoms with Crippen LogP contribution < -0.4 is 4.74 Å². The van der Waals surface area contributed by atoms with Crippen molar-refractivity contribution < 1.29 is 23.8 Å². The molecule has 2 heterocycles. The van der Waals surface area contributed by atoms with Crippen molar-refractivity contribution in [3.8, 4) is 5.75 Å². The van der Waals surface area contributed by atoms with Gasteiger partial charge in [0.1, 0.15) is 23.3 Å². The number of ketones is 1. The van der Waals surface area contributed by atoms with E-state index >= 15 is 0 Å². The summed E-state index contributed by atoms with van der Waals surface area (Å²) in [6, 6.07) is 9.30. The summed E-state index contributed by atoms with van der Waals surface area (Å²) in [6.07, 6.45) is 2.17. The first-order valence-corrected chi connectivity index (χ1v) is 8.04. The second-order valence-corrected chi connectivity index (χ2v) is 5.74. The second kappa shape index (κ2) is 6.84. The van der Waals surface area contributed by atoms with E-state index in [0.29, 0.717) is 30.0 Å². The molecule has 3 rings (SSSR count). The number of ether oxygens (including phenoxy) is 1. The van der Waals surface area contributed by atoms with Crippen LogP contribution in [0, 0.1) is 0 Å². The monoisotopic (exact) mass is 341 g/mol. The fourth-order valence-corrected chi connectivity index (χ4v) is 3.00. The molecule has 1 unspecified atom stereocenters. The maximum atomic E-state index is 12.6. The van der Waals surface area contributed by atoms with Gasteiger partial charge >= 0.3 is 0 Å². The summed E-state index contributed by atoms with van der Waals surface area (Å²) in [5, 5.41) is 10.7. The predicted octanol–water partition coefficient (Wildman–Crippen LogP) is 3.12. The van der Waals surface area contributed by atoms with Crippen molar-refractivity contribution in [1.82, 2.24) is 4.90 Å². The normalized spacial score (nSPS) is 19.4. The summed E-state index contributed by atoms with van der Waals surface area (Å²) in [5.74, 6) is -0.476. The van der Waals surface area contributed by atoms with E-state index in [0.717, 1.165) is 0 Å². The number of nitrogens with zero attached hydrogens (tertiary/aromatic N) is 1. The minimum Gasteiger partial charge on any atom is -0.507 e. The third-order valence-corrected chi connectivity index (χ3v) is 4.18. The average molecular weight is 341 g/mol. The van der Waals surface area contributed by atoms with E-state index in [2.05, 4.69) is 0 Å². The van der Waals surface area contributed by atoms with Crippen molar-refractivity contribution in [2.45, 2.75) is 19.4 Å². The maximum absolute atomic E-state index is 12.6. The highest BCUT2D eigenvalue weighted by Crippen LogP contribution is 2.39. The number of hydrogen-bond donors (Lipinski definition) is 1. The highest BCUT2D eigenvalue weighted by molar-refractivity contribution is 6.46. The Kier molecular flexibility index (Phi) is 4.61. The third-order valence-electron chi connectivity index (χ3n) is 4.18. The van der Waals surface area contributed by atoms with Crippen LogP contribution in [0.15, 0.2) is 52.7 Å². The number of furan rings is 1. The number of amides is 1. The Morgan fingerprint density at radius 2 is 1.96 bits per heavy atom. The van der Waals surface area contributed by atoms with Crippen LogP contribution >= 0.6 is 0 Å². The van der Waals surface area contributed by atoms with Gasteiger partial charge in [-0.25, -0.2) is 0 Å². The lowest BCUT2D eigenvalue weighted by molar-refractivity contribution is -0.140. The van der Waals surface area contributed by atoms with E-state index in [1.54, 1.807) is 43.5 Å². The molecule has 1 atom stereocenters. The maximum Gasteiger partial charge on any atom is 0.295 e. The van der Waals surface area contributed by atoms with Gasteiger partial charge < -0.3 is 19.2 Å². The SMILES string of the molecule is CCCN1C(=O)C(=O)/C(=C(\O)c2ccc(OC)cc2)C1c1ccco1. The molecule has 130 valence electrons. The molecule has 1 aliphatic rings. The molecule has 6 heteroatoms. The van der Waals surface area contributed by atoms with Gasteiger partial charge in [0.05, 0.1) is 18.9 Å². The molecule has 6 nitrogen and oxygen atoms in total. The number of aliphatic hydroxyl groups is 1. The summed E-state index contributed by atoms with van der Waals surface area (Å²) in [4.78, 5) is 26.4. The first-order valence-electron chi connectivity index (χ1n) is 8.04. The Hall–Kier alpha value is -3.02. The van der Waals surface area contributed by atoms with Gasteiger partial charge in [0, 0.05) is 12.1 Å². The number of hydrogen-bond acceptors (Lipinski definition) is 5. The smallest absolute Gasteiger partial charge is 0.295 e. The summed E-state index contributed by atoms with van der Waals surface area (Å²) in [7, 11) is 1.54. The number of Topliss-reactive ketones (excluding diaryl/α,β-unsaturated/α-hetero) is 1. The molecule has 0 radical (unpaired) electrons. The first kappa shape index (κ1) is 16.8. The Balaban J connectivity index is 2.12. The molecule has 1 aromatic carbocycles. The minimum absolute atomic E-state index is 0.0403. The van der Waals surface area contributed by atoms with Crippen LogP contribution in [0.1, 0.15) is 30.7 Å². The first-order chi connectivity index (χ1) is 12.1. The number of likely N-dealkylation sites (tertiary alicyclic amines) is 1.